The van der Waals surface area contributed by atoms with Crippen LogP contribution in [0.5, 0.6) is 0 Å². The van der Waals surface area contributed by atoms with Gasteiger partial charge in [-0.2, -0.15) is 0 Å². The average Bonchev–Trinajstić information content (AvgIpc) is 2.59. The number of hydrogen-bond donors (Lipinski definition) is 0. The van der Waals surface area contributed by atoms with Gasteiger partial charge in [0.05, 0.1) is 5.56 Å². The number of ether oxygens (including phenoxy) is 2. The topological polar surface area (TPSA) is 52.6 Å². The number of rotatable bonds is 2. The van der Waals surface area contributed by atoms with Crippen LogP contribution >= 0.6 is 0 Å². The Labute approximate surface area is 92.5 Å². The lowest BCUT2D eigenvalue weighted by Gasteiger charge is -2.09. The van der Waals surface area contributed by atoms with E-state index in [4.69, 9.17) is 9.47 Å². The normalized spacial score (nSPS) is 18.9. The lowest BCUT2D eigenvalue weighted by Crippen LogP contribution is -2.17. The molecule has 82 valence electrons. The standard InChI is InChI=1S/C12H10O4/c1-8-7-10(15-11(8)13)16-12(14)9-5-3-2-4-6-9/h2-7,10H,1H3/t10-/m0/s1. The van der Waals surface area contributed by atoms with Crippen molar-refractivity contribution in [2.24, 2.45) is 0 Å². The van der Waals surface area contributed by atoms with Crippen molar-refractivity contribution in [3.8, 4) is 0 Å². The number of cyclic esters (lactones) is 1. The van der Waals surface area contributed by atoms with Crippen LogP contribution in [0, 0.1) is 0 Å². The summed E-state index contributed by atoms with van der Waals surface area (Å²) in [7, 11) is 0. The van der Waals surface area contributed by atoms with E-state index in [1.54, 1.807) is 37.3 Å². The Kier molecular flexibility index (Phi) is 2.72. The number of benzene rings is 1. The summed E-state index contributed by atoms with van der Waals surface area (Å²) in [6.45, 7) is 1.61. The van der Waals surface area contributed by atoms with Crippen molar-refractivity contribution in [3.05, 3.63) is 47.5 Å². The molecule has 1 atom stereocenters. The molecule has 1 aliphatic rings. The molecule has 16 heavy (non-hydrogen) atoms. The zero-order chi connectivity index (χ0) is 11.5. The first-order valence-corrected chi connectivity index (χ1v) is 4.82. The summed E-state index contributed by atoms with van der Waals surface area (Å²) in [4.78, 5) is 22.6. The number of carbonyl (C=O) groups excluding carboxylic acids is 2. The molecular weight excluding hydrogens is 208 g/mol. The maximum atomic E-state index is 11.6. The second kappa shape index (κ2) is 4.18. The van der Waals surface area contributed by atoms with Crippen LogP contribution in [-0.2, 0) is 14.3 Å². The predicted molar refractivity (Wildman–Crippen MR) is 55.5 cm³/mol. The molecule has 4 nitrogen and oxygen atoms in total. The van der Waals surface area contributed by atoms with E-state index in [9.17, 15) is 9.59 Å². The van der Waals surface area contributed by atoms with Gasteiger partial charge in [0.1, 0.15) is 0 Å². The molecule has 0 N–H and O–H groups in total. The van der Waals surface area contributed by atoms with Crippen molar-refractivity contribution < 1.29 is 19.1 Å². The molecule has 0 aromatic heterocycles. The van der Waals surface area contributed by atoms with Gasteiger partial charge in [0, 0.05) is 11.6 Å². The summed E-state index contributed by atoms with van der Waals surface area (Å²) in [5.74, 6) is -0.963. The second-order valence-corrected chi connectivity index (χ2v) is 3.39. The largest absolute Gasteiger partial charge is 0.418 e. The third-order valence-electron chi connectivity index (χ3n) is 2.16. The SMILES string of the molecule is CC1=C[C@H](OC(=O)c2ccccc2)OC1=O. The molecule has 4 heteroatoms. The molecule has 0 saturated heterocycles. The van der Waals surface area contributed by atoms with Gasteiger partial charge in [-0.3, -0.25) is 0 Å². The first-order chi connectivity index (χ1) is 7.66. The van der Waals surface area contributed by atoms with Crippen LogP contribution in [0.1, 0.15) is 17.3 Å². The van der Waals surface area contributed by atoms with Gasteiger partial charge in [-0.1, -0.05) is 18.2 Å². The second-order valence-electron chi connectivity index (χ2n) is 3.39. The van der Waals surface area contributed by atoms with E-state index in [1.165, 1.54) is 6.08 Å². The minimum Gasteiger partial charge on any atom is -0.418 e. The molecule has 2 rings (SSSR count). The van der Waals surface area contributed by atoms with Crippen molar-refractivity contribution in [1.29, 1.82) is 0 Å². The van der Waals surface area contributed by atoms with Gasteiger partial charge < -0.3 is 9.47 Å². The van der Waals surface area contributed by atoms with E-state index in [1.807, 2.05) is 0 Å². The molecule has 0 unspecified atom stereocenters. The molecule has 0 radical (unpaired) electrons. The Morgan fingerprint density at radius 2 is 2.00 bits per heavy atom. The zero-order valence-electron chi connectivity index (χ0n) is 8.67. The van der Waals surface area contributed by atoms with Gasteiger partial charge in [-0.05, 0) is 19.1 Å². The zero-order valence-corrected chi connectivity index (χ0v) is 8.67. The first kappa shape index (κ1) is 10.4. The van der Waals surface area contributed by atoms with Crippen LogP contribution in [0.3, 0.4) is 0 Å². The smallest absolute Gasteiger partial charge is 0.341 e. The van der Waals surface area contributed by atoms with Crippen LogP contribution in [0.4, 0.5) is 0 Å². The van der Waals surface area contributed by atoms with Crippen molar-refractivity contribution >= 4 is 11.9 Å². The van der Waals surface area contributed by atoms with Gasteiger partial charge >= 0.3 is 11.9 Å². The first-order valence-electron chi connectivity index (χ1n) is 4.82. The average molecular weight is 218 g/mol. The van der Waals surface area contributed by atoms with E-state index in [2.05, 4.69) is 0 Å². The summed E-state index contributed by atoms with van der Waals surface area (Å²) in [6.07, 6.45) is 0.573. The monoisotopic (exact) mass is 218 g/mol. The van der Waals surface area contributed by atoms with Gasteiger partial charge in [0.15, 0.2) is 0 Å². The van der Waals surface area contributed by atoms with E-state index in [-0.39, 0.29) is 0 Å². The van der Waals surface area contributed by atoms with E-state index in [0.29, 0.717) is 11.1 Å². The highest BCUT2D eigenvalue weighted by Gasteiger charge is 2.25. The minimum atomic E-state index is -0.903. The van der Waals surface area contributed by atoms with Crippen LogP contribution in [0.25, 0.3) is 0 Å². The molecule has 0 aliphatic carbocycles. The van der Waals surface area contributed by atoms with Crippen molar-refractivity contribution in [2.75, 3.05) is 0 Å². The van der Waals surface area contributed by atoms with Crippen molar-refractivity contribution in [3.63, 3.8) is 0 Å². The fraction of sp³-hybridized carbons (Fsp3) is 0.167. The van der Waals surface area contributed by atoms with Crippen LogP contribution in [0.15, 0.2) is 42.0 Å². The summed E-state index contributed by atoms with van der Waals surface area (Å²) in [5, 5.41) is 0. The number of esters is 2. The van der Waals surface area contributed by atoms with Crippen molar-refractivity contribution in [2.45, 2.75) is 13.2 Å². The quantitative estimate of drug-likeness (QED) is 0.708. The Balaban J connectivity index is 2.02. The van der Waals surface area contributed by atoms with Crippen LogP contribution in [-0.4, -0.2) is 18.2 Å². The van der Waals surface area contributed by atoms with Crippen LogP contribution < -0.4 is 0 Å². The summed E-state index contributed by atoms with van der Waals surface area (Å²) >= 11 is 0. The van der Waals surface area contributed by atoms with Gasteiger partial charge in [0.25, 0.3) is 6.29 Å². The highest BCUT2D eigenvalue weighted by Crippen LogP contribution is 2.15. The molecule has 0 saturated carbocycles. The van der Waals surface area contributed by atoms with Gasteiger partial charge in [-0.15, -0.1) is 0 Å². The third kappa shape index (κ3) is 2.11. The number of carbonyl (C=O) groups is 2. The molecule has 1 heterocycles. The Morgan fingerprint density at radius 1 is 1.31 bits per heavy atom. The Hall–Kier alpha value is -2.10. The molecule has 0 bridgehead atoms. The van der Waals surface area contributed by atoms with E-state index in [0.717, 1.165) is 0 Å². The Morgan fingerprint density at radius 3 is 2.56 bits per heavy atom. The number of hydrogen-bond acceptors (Lipinski definition) is 4. The molecule has 0 fully saturated rings. The Bertz CT molecular complexity index is 447. The predicted octanol–water partition coefficient (Wildman–Crippen LogP) is 1.67. The van der Waals surface area contributed by atoms with Gasteiger partial charge in [-0.25, -0.2) is 9.59 Å². The lowest BCUT2D eigenvalue weighted by atomic mass is 10.2. The summed E-state index contributed by atoms with van der Waals surface area (Å²) in [6, 6.07) is 8.54. The molecule has 1 aromatic rings. The van der Waals surface area contributed by atoms with E-state index >= 15 is 0 Å². The van der Waals surface area contributed by atoms with Gasteiger partial charge in [0.2, 0.25) is 0 Å². The molecular formula is C12H10O4. The molecule has 0 spiro atoms. The van der Waals surface area contributed by atoms with Crippen molar-refractivity contribution in [1.82, 2.24) is 0 Å². The maximum absolute atomic E-state index is 11.6. The molecule has 1 aliphatic heterocycles. The fourth-order valence-corrected chi connectivity index (χ4v) is 1.31. The fourth-order valence-electron chi connectivity index (χ4n) is 1.31. The lowest BCUT2D eigenvalue weighted by molar-refractivity contribution is -0.151. The minimum absolute atomic E-state index is 0.427. The third-order valence-corrected chi connectivity index (χ3v) is 2.16. The highest BCUT2D eigenvalue weighted by molar-refractivity contribution is 5.92. The summed E-state index contributed by atoms with van der Waals surface area (Å²) < 4.78 is 9.77. The molecule has 1 aromatic carbocycles. The van der Waals surface area contributed by atoms with Crippen LogP contribution in [0.2, 0.25) is 0 Å². The molecule has 0 amide bonds. The highest BCUT2D eigenvalue weighted by atomic mass is 16.7. The summed E-state index contributed by atoms with van der Waals surface area (Å²) in [5.41, 5.74) is 0.877. The maximum Gasteiger partial charge on any atom is 0.341 e. The van der Waals surface area contributed by atoms with E-state index < -0.39 is 18.2 Å².